The molecule has 0 saturated carbocycles. The van der Waals surface area contributed by atoms with E-state index in [9.17, 15) is 4.79 Å². The lowest BCUT2D eigenvalue weighted by molar-refractivity contribution is 0.0601. The summed E-state index contributed by atoms with van der Waals surface area (Å²) in [6.45, 7) is 5.69. The van der Waals surface area contributed by atoms with Crippen molar-refractivity contribution in [1.29, 1.82) is 0 Å². The molecule has 2 fully saturated rings. The predicted molar refractivity (Wildman–Crippen MR) is 84.0 cm³/mol. The summed E-state index contributed by atoms with van der Waals surface area (Å²) in [4.78, 5) is 13.7. The number of piperidine rings is 2. The number of nitrogens with two attached hydrogens (primary N) is 1. The van der Waals surface area contributed by atoms with Gasteiger partial charge in [0.15, 0.2) is 0 Å². The average molecular weight is 287 g/mol. The molecule has 1 unspecified atom stereocenters. The molecule has 3 N–H and O–H groups in total. The maximum Gasteiger partial charge on any atom is 0.248 e. The Balaban J connectivity index is 1.62. The van der Waals surface area contributed by atoms with Crippen LogP contribution < -0.4 is 11.1 Å². The molecule has 0 aliphatic carbocycles. The number of nitrogens with one attached hydrogen (secondary N) is 1. The van der Waals surface area contributed by atoms with Gasteiger partial charge in [-0.1, -0.05) is 12.1 Å². The molecular weight excluding hydrogens is 262 g/mol. The number of primary amides is 1. The van der Waals surface area contributed by atoms with Crippen molar-refractivity contribution in [3.8, 4) is 0 Å². The second-order valence-corrected chi connectivity index (χ2v) is 6.66. The lowest BCUT2D eigenvalue weighted by atomic mass is 9.74. The van der Waals surface area contributed by atoms with Gasteiger partial charge in [0.2, 0.25) is 5.91 Å². The van der Waals surface area contributed by atoms with Gasteiger partial charge in [0, 0.05) is 25.2 Å². The summed E-state index contributed by atoms with van der Waals surface area (Å²) in [5.74, 6) is -0.355. The van der Waals surface area contributed by atoms with Gasteiger partial charge in [-0.2, -0.15) is 0 Å². The first-order chi connectivity index (χ1) is 10.2. The first-order valence-corrected chi connectivity index (χ1v) is 7.99. The van der Waals surface area contributed by atoms with E-state index in [0.717, 1.165) is 6.54 Å². The molecule has 0 bridgehead atoms. The normalized spacial score (nSPS) is 26.9. The minimum Gasteiger partial charge on any atom is -0.366 e. The number of hydrogen-bond donors (Lipinski definition) is 2. The van der Waals surface area contributed by atoms with E-state index in [-0.39, 0.29) is 5.91 Å². The van der Waals surface area contributed by atoms with Crippen LogP contribution in [0, 0.1) is 5.41 Å². The molecular formula is C17H25N3O. The maximum absolute atomic E-state index is 11.1. The van der Waals surface area contributed by atoms with Gasteiger partial charge in [-0.05, 0) is 61.9 Å². The Hall–Kier alpha value is -1.39. The Morgan fingerprint density at radius 1 is 1.24 bits per heavy atom. The molecule has 2 aliphatic rings. The summed E-state index contributed by atoms with van der Waals surface area (Å²) in [5, 5.41) is 3.57. The van der Waals surface area contributed by atoms with E-state index in [0.29, 0.717) is 11.0 Å². The first kappa shape index (κ1) is 14.5. The van der Waals surface area contributed by atoms with Gasteiger partial charge in [-0.25, -0.2) is 0 Å². The molecule has 3 rings (SSSR count). The van der Waals surface area contributed by atoms with E-state index >= 15 is 0 Å². The van der Waals surface area contributed by atoms with Gasteiger partial charge in [0.25, 0.3) is 0 Å². The van der Waals surface area contributed by atoms with Crippen LogP contribution in [-0.4, -0.2) is 37.0 Å². The molecule has 1 atom stereocenters. The highest BCUT2D eigenvalue weighted by Gasteiger charge is 2.36. The molecule has 1 amide bonds. The molecule has 0 radical (unpaired) electrons. The fraction of sp³-hybridized carbons (Fsp3) is 0.588. The van der Waals surface area contributed by atoms with Crippen molar-refractivity contribution in [2.45, 2.75) is 32.2 Å². The molecule has 1 spiro atoms. The van der Waals surface area contributed by atoms with E-state index in [2.05, 4.69) is 10.2 Å². The molecule has 2 saturated heterocycles. The van der Waals surface area contributed by atoms with Crippen LogP contribution in [0.15, 0.2) is 24.3 Å². The Morgan fingerprint density at radius 2 is 2.00 bits per heavy atom. The lowest BCUT2D eigenvalue weighted by Gasteiger charge is -2.45. The highest BCUT2D eigenvalue weighted by atomic mass is 16.1. The van der Waals surface area contributed by atoms with Crippen LogP contribution >= 0.6 is 0 Å². The summed E-state index contributed by atoms with van der Waals surface area (Å²) in [5.41, 5.74) is 7.63. The monoisotopic (exact) mass is 287 g/mol. The zero-order valence-corrected chi connectivity index (χ0v) is 12.6. The quantitative estimate of drug-likeness (QED) is 0.890. The minimum atomic E-state index is -0.355. The molecule has 4 heteroatoms. The molecule has 21 heavy (non-hydrogen) atoms. The van der Waals surface area contributed by atoms with Crippen molar-refractivity contribution in [1.82, 2.24) is 10.2 Å². The van der Waals surface area contributed by atoms with Crippen LogP contribution in [0.25, 0.3) is 0 Å². The highest BCUT2D eigenvalue weighted by Crippen LogP contribution is 2.36. The minimum absolute atomic E-state index is 0.355. The zero-order chi connectivity index (χ0) is 14.7. The SMILES string of the molecule is NC(=O)c1ccc(CN2CCCC3(CCCNC3)C2)cc1. The van der Waals surface area contributed by atoms with E-state index in [1.54, 1.807) is 0 Å². The van der Waals surface area contributed by atoms with Crippen molar-refractivity contribution in [2.24, 2.45) is 11.1 Å². The van der Waals surface area contributed by atoms with Crippen molar-refractivity contribution in [2.75, 3.05) is 26.2 Å². The van der Waals surface area contributed by atoms with Crippen molar-refractivity contribution in [3.05, 3.63) is 35.4 Å². The van der Waals surface area contributed by atoms with Crippen molar-refractivity contribution in [3.63, 3.8) is 0 Å². The second-order valence-electron chi connectivity index (χ2n) is 6.66. The van der Waals surface area contributed by atoms with Crippen LogP contribution in [-0.2, 0) is 6.54 Å². The smallest absolute Gasteiger partial charge is 0.248 e. The number of nitrogens with zero attached hydrogens (tertiary/aromatic N) is 1. The average Bonchev–Trinajstić information content (AvgIpc) is 2.49. The Morgan fingerprint density at radius 3 is 2.67 bits per heavy atom. The summed E-state index contributed by atoms with van der Waals surface area (Å²) >= 11 is 0. The second kappa shape index (κ2) is 6.16. The molecule has 1 aromatic rings. The van der Waals surface area contributed by atoms with Crippen molar-refractivity contribution < 1.29 is 4.79 Å². The molecule has 0 aromatic heterocycles. The van der Waals surface area contributed by atoms with Crippen molar-refractivity contribution >= 4 is 5.91 Å². The molecule has 2 heterocycles. The topological polar surface area (TPSA) is 58.4 Å². The fourth-order valence-corrected chi connectivity index (χ4v) is 3.86. The number of carbonyl (C=O) groups is 1. The summed E-state index contributed by atoms with van der Waals surface area (Å²) in [6.07, 6.45) is 5.32. The van der Waals surface area contributed by atoms with Crippen LogP contribution in [0.5, 0.6) is 0 Å². The first-order valence-electron chi connectivity index (χ1n) is 7.99. The number of rotatable bonds is 3. The summed E-state index contributed by atoms with van der Waals surface area (Å²) in [7, 11) is 0. The Labute approximate surface area is 126 Å². The molecule has 1 aromatic carbocycles. The maximum atomic E-state index is 11.1. The molecule has 114 valence electrons. The van der Waals surface area contributed by atoms with Crippen LogP contribution in [0.4, 0.5) is 0 Å². The van der Waals surface area contributed by atoms with Crippen LogP contribution in [0.1, 0.15) is 41.6 Å². The third kappa shape index (κ3) is 3.44. The molecule has 2 aliphatic heterocycles. The third-order valence-corrected chi connectivity index (χ3v) is 4.95. The largest absolute Gasteiger partial charge is 0.366 e. The van der Waals surface area contributed by atoms with Gasteiger partial charge >= 0.3 is 0 Å². The third-order valence-electron chi connectivity index (χ3n) is 4.95. The predicted octanol–water partition coefficient (Wildman–Crippen LogP) is 1.75. The highest BCUT2D eigenvalue weighted by molar-refractivity contribution is 5.92. The Bertz CT molecular complexity index is 486. The fourth-order valence-electron chi connectivity index (χ4n) is 3.86. The number of carbonyl (C=O) groups excluding carboxylic acids is 1. The van der Waals surface area contributed by atoms with E-state index in [1.165, 1.54) is 57.4 Å². The van der Waals surface area contributed by atoms with Crippen LogP contribution in [0.2, 0.25) is 0 Å². The van der Waals surface area contributed by atoms with Crippen LogP contribution in [0.3, 0.4) is 0 Å². The molecule has 4 nitrogen and oxygen atoms in total. The summed E-state index contributed by atoms with van der Waals surface area (Å²) < 4.78 is 0. The van der Waals surface area contributed by atoms with E-state index < -0.39 is 0 Å². The van der Waals surface area contributed by atoms with Gasteiger partial charge in [0.1, 0.15) is 0 Å². The lowest BCUT2D eigenvalue weighted by Crippen LogP contribution is -2.50. The van der Waals surface area contributed by atoms with Gasteiger partial charge in [-0.3, -0.25) is 9.69 Å². The number of likely N-dealkylation sites (tertiary alicyclic amines) is 1. The van der Waals surface area contributed by atoms with E-state index in [4.69, 9.17) is 5.73 Å². The number of benzene rings is 1. The zero-order valence-electron chi connectivity index (χ0n) is 12.6. The van der Waals surface area contributed by atoms with Gasteiger partial charge < -0.3 is 11.1 Å². The summed E-state index contributed by atoms with van der Waals surface area (Å²) in [6, 6.07) is 7.72. The standard InChI is InChI=1S/C17H25N3O/c18-16(21)15-5-3-14(4-6-15)11-20-10-2-8-17(13-20)7-1-9-19-12-17/h3-6,19H,1-2,7-13H2,(H2,18,21). The van der Waals surface area contributed by atoms with E-state index in [1.807, 2.05) is 24.3 Å². The number of amides is 1. The number of hydrogen-bond acceptors (Lipinski definition) is 3. The van der Waals surface area contributed by atoms with Gasteiger partial charge in [0.05, 0.1) is 0 Å². The Kier molecular flexibility index (Phi) is 4.27. The van der Waals surface area contributed by atoms with Gasteiger partial charge in [-0.15, -0.1) is 0 Å².